The number of para-hydroxylation sites is 1. The van der Waals surface area contributed by atoms with Gasteiger partial charge in [-0.05, 0) is 53.6 Å². The van der Waals surface area contributed by atoms with Crippen LogP contribution in [0.15, 0.2) is 83.5 Å². The van der Waals surface area contributed by atoms with Crippen LogP contribution < -0.4 is 10.1 Å². The average molecular weight is 449 g/mol. The third kappa shape index (κ3) is 4.20. The summed E-state index contributed by atoms with van der Waals surface area (Å²) < 4.78 is 6.19. The van der Waals surface area contributed by atoms with Crippen molar-refractivity contribution in [3.8, 4) is 5.75 Å². The van der Waals surface area contributed by atoms with Crippen molar-refractivity contribution in [1.29, 1.82) is 0 Å². The van der Waals surface area contributed by atoms with Crippen LogP contribution in [0.2, 0.25) is 0 Å². The van der Waals surface area contributed by atoms with E-state index in [1.807, 2.05) is 30.5 Å². The van der Waals surface area contributed by atoms with Gasteiger partial charge in [-0.2, -0.15) is 0 Å². The molecule has 1 aromatic heterocycles. The zero-order chi connectivity index (χ0) is 20.2. The van der Waals surface area contributed by atoms with Crippen molar-refractivity contribution in [2.75, 3.05) is 13.7 Å². The Morgan fingerprint density at radius 2 is 1.76 bits per heavy atom. The van der Waals surface area contributed by atoms with Crippen molar-refractivity contribution in [2.24, 2.45) is 0 Å². The number of H-pyrrole nitrogens is 1. The van der Waals surface area contributed by atoms with Crippen LogP contribution in [-0.4, -0.2) is 24.5 Å². The van der Waals surface area contributed by atoms with Crippen LogP contribution >= 0.6 is 15.9 Å². The molecule has 0 aliphatic heterocycles. The molecule has 0 aliphatic carbocycles. The van der Waals surface area contributed by atoms with E-state index in [-0.39, 0.29) is 11.8 Å². The molecular formula is C24H21BrN2O2. The molecule has 0 saturated heterocycles. The Kier molecular flexibility index (Phi) is 5.67. The molecule has 146 valence electrons. The number of ether oxygens (including phenoxy) is 1. The van der Waals surface area contributed by atoms with Gasteiger partial charge in [0.25, 0.3) is 5.91 Å². The molecule has 5 heteroatoms. The van der Waals surface area contributed by atoms with Crippen LogP contribution in [0, 0.1) is 0 Å². The Bertz CT molecular complexity index is 1120. The third-order valence-electron chi connectivity index (χ3n) is 5.09. The monoisotopic (exact) mass is 448 g/mol. The predicted octanol–water partition coefficient (Wildman–Crippen LogP) is 5.50. The van der Waals surface area contributed by atoms with E-state index in [1.165, 1.54) is 5.39 Å². The normalized spacial score (nSPS) is 11.9. The smallest absolute Gasteiger partial charge is 0.251 e. The van der Waals surface area contributed by atoms with Crippen molar-refractivity contribution in [1.82, 2.24) is 10.3 Å². The van der Waals surface area contributed by atoms with Crippen LogP contribution in [0.4, 0.5) is 0 Å². The van der Waals surface area contributed by atoms with E-state index in [0.717, 1.165) is 26.9 Å². The summed E-state index contributed by atoms with van der Waals surface area (Å²) in [5, 5.41) is 4.26. The maximum absolute atomic E-state index is 12.7. The highest BCUT2D eigenvalue weighted by Gasteiger charge is 2.19. The van der Waals surface area contributed by atoms with Gasteiger partial charge in [-0.25, -0.2) is 0 Å². The molecule has 3 aromatic carbocycles. The number of aromatic nitrogens is 1. The number of methoxy groups -OCH3 is 1. The van der Waals surface area contributed by atoms with E-state index in [0.29, 0.717) is 12.1 Å². The van der Waals surface area contributed by atoms with Gasteiger partial charge in [-0.15, -0.1) is 0 Å². The van der Waals surface area contributed by atoms with E-state index < -0.39 is 0 Å². The van der Waals surface area contributed by atoms with Crippen molar-refractivity contribution < 1.29 is 9.53 Å². The lowest BCUT2D eigenvalue weighted by Gasteiger charge is -2.18. The standard InChI is InChI=1S/C24H21BrN2O2/c1-29-19-12-8-17(9-13-19)24(28)27-14-21(16-6-10-18(25)11-7-16)22-15-26-23-5-3-2-4-20(22)23/h2-13,15,21,26H,14H2,1H3,(H,27,28)/t21-/m0/s1. The fourth-order valence-corrected chi connectivity index (χ4v) is 3.79. The lowest BCUT2D eigenvalue weighted by molar-refractivity contribution is 0.0952. The molecule has 0 unspecified atom stereocenters. The van der Waals surface area contributed by atoms with Gasteiger partial charge in [0.2, 0.25) is 0 Å². The number of hydrogen-bond donors (Lipinski definition) is 2. The number of hydrogen-bond acceptors (Lipinski definition) is 2. The van der Waals surface area contributed by atoms with Gasteiger partial charge in [-0.1, -0.05) is 46.3 Å². The second-order valence-corrected chi connectivity index (χ2v) is 7.75. The van der Waals surface area contributed by atoms with Crippen LogP contribution in [0.5, 0.6) is 5.75 Å². The van der Waals surface area contributed by atoms with Crippen molar-refractivity contribution in [3.63, 3.8) is 0 Å². The maximum atomic E-state index is 12.7. The predicted molar refractivity (Wildman–Crippen MR) is 120 cm³/mol. The van der Waals surface area contributed by atoms with E-state index in [4.69, 9.17) is 4.74 Å². The van der Waals surface area contributed by atoms with Gasteiger partial charge in [0.1, 0.15) is 5.75 Å². The molecule has 29 heavy (non-hydrogen) atoms. The number of nitrogens with one attached hydrogen (secondary N) is 2. The quantitative estimate of drug-likeness (QED) is 0.409. The Labute approximate surface area is 178 Å². The van der Waals surface area contributed by atoms with E-state index in [9.17, 15) is 4.79 Å². The molecule has 0 radical (unpaired) electrons. The van der Waals surface area contributed by atoms with Crippen LogP contribution in [0.3, 0.4) is 0 Å². The average Bonchev–Trinajstić information content (AvgIpc) is 3.19. The van der Waals surface area contributed by atoms with Crippen molar-refractivity contribution in [2.45, 2.75) is 5.92 Å². The number of halogens is 1. The van der Waals surface area contributed by atoms with E-state index in [1.54, 1.807) is 31.4 Å². The topological polar surface area (TPSA) is 54.1 Å². The van der Waals surface area contributed by atoms with Crippen LogP contribution in [-0.2, 0) is 0 Å². The first kappa shape index (κ1) is 19.3. The molecule has 1 heterocycles. The zero-order valence-electron chi connectivity index (χ0n) is 16.0. The minimum Gasteiger partial charge on any atom is -0.497 e. The molecule has 1 amide bonds. The molecule has 4 aromatic rings. The van der Waals surface area contributed by atoms with E-state index >= 15 is 0 Å². The van der Waals surface area contributed by atoms with Gasteiger partial charge in [-0.3, -0.25) is 4.79 Å². The third-order valence-corrected chi connectivity index (χ3v) is 5.62. The molecular weight excluding hydrogens is 428 g/mol. The summed E-state index contributed by atoms with van der Waals surface area (Å²) in [5.74, 6) is 0.657. The summed E-state index contributed by atoms with van der Waals surface area (Å²) >= 11 is 3.50. The van der Waals surface area contributed by atoms with Crippen molar-refractivity contribution in [3.05, 3.63) is 100 Å². The highest BCUT2D eigenvalue weighted by Crippen LogP contribution is 2.31. The Hall–Kier alpha value is -3.05. The number of amides is 1. The Balaban J connectivity index is 1.62. The largest absolute Gasteiger partial charge is 0.497 e. The van der Waals surface area contributed by atoms with Gasteiger partial charge in [0.05, 0.1) is 7.11 Å². The fourth-order valence-electron chi connectivity index (χ4n) is 3.52. The lowest BCUT2D eigenvalue weighted by atomic mass is 9.91. The summed E-state index contributed by atoms with van der Waals surface area (Å²) in [5.41, 5.74) is 4.01. The first-order valence-corrected chi connectivity index (χ1v) is 10.2. The molecule has 0 aliphatic rings. The lowest BCUT2D eigenvalue weighted by Crippen LogP contribution is -2.28. The minimum atomic E-state index is -0.102. The molecule has 0 saturated carbocycles. The summed E-state index contributed by atoms with van der Waals surface area (Å²) in [6, 6.07) is 23.6. The first-order valence-electron chi connectivity index (χ1n) is 9.39. The first-order chi connectivity index (χ1) is 14.2. The zero-order valence-corrected chi connectivity index (χ0v) is 17.6. The minimum absolute atomic E-state index is 0.0291. The second-order valence-electron chi connectivity index (χ2n) is 6.83. The summed E-state index contributed by atoms with van der Waals surface area (Å²) in [7, 11) is 1.61. The Morgan fingerprint density at radius 1 is 1.03 bits per heavy atom. The number of aromatic amines is 1. The molecule has 4 nitrogen and oxygen atoms in total. The number of benzene rings is 3. The summed E-state index contributed by atoms with van der Waals surface area (Å²) in [6.45, 7) is 0.494. The molecule has 0 fully saturated rings. The highest BCUT2D eigenvalue weighted by atomic mass is 79.9. The summed E-state index contributed by atoms with van der Waals surface area (Å²) in [6.07, 6.45) is 2.04. The second kappa shape index (κ2) is 8.53. The van der Waals surface area contributed by atoms with Gasteiger partial charge >= 0.3 is 0 Å². The maximum Gasteiger partial charge on any atom is 0.251 e. The SMILES string of the molecule is COc1ccc(C(=O)NC[C@@H](c2ccc(Br)cc2)c2c[nH]c3ccccc23)cc1. The van der Waals surface area contributed by atoms with Crippen molar-refractivity contribution >= 4 is 32.7 Å². The van der Waals surface area contributed by atoms with Gasteiger partial charge < -0.3 is 15.0 Å². The number of rotatable bonds is 6. The van der Waals surface area contributed by atoms with Crippen LogP contribution in [0.25, 0.3) is 10.9 Å². The Morgan fingerprint density at radius 3 is 2.48 bits per heavy atom. The molecule has 1 atom stereocenters. The molecule has 2 N–H and O–H groups in total. The number of carbonyl (C=O) groups excluding carboxylic acids is 1. The highest BCUT2D eigenvalue weighted by molar-refractivity contribution is 9.10. The van der Waals surface area contributed by atoms with Gasteiger partial charge in [0, 0.05) is 39.6 Å². The molecule has 4 rings (SSSR count). The fraction of sp³-hybridized carbons (Fsp3) is 0.125. The number of carbonyl (C=O) groups is 1. The number of fused-ring (bicyclic) bond motifs is 1. The summed E-state index contributed by atoms with van der Waals surface area (Å²) in [4.78, 5) is 16.0. The van der Waals surface area contributed by atoms with Crippen LogP contribution in [0.1, 0.15) is 27.4 Å². The molecule has 0 bridgehead atoms. The molecule has 0 spiro atoms. The van der Waals surface area contributed by atoms with E-state index in [2.05, 4.69) is 50.5 Å². The van der Waals surface area contributed by atoms with Gasteiger partial charge in [0.15, 0.2) is 0 Å².